The average molecular weight is 529 g/mol. The Morgan fingerprint density at radius 3 is 2.55 bits per heavy atom. The lowest BCUT2D eigenvalue weighted by Crippen LogP contribution is -2.50. The number of hydrogen-bond acceptors (Lipinski definition) is 3. The van der Waals surface area contributed by atoms with Crippen molar-refractivity contribution >= 4 is 29.9 Å². The highest BCUT2D eigenvalue weighted by Gasteiger charge is 2.32. The minimum atomic E-state index is -4.32. The van der Waals surface area contributed by atoms with E-state index in [1.165, 1.54) is 12.1 Å². The molecular weight excluding hydrogens is 498 g/mol. The highest BCUT2D eigenvalue weighted by Crippen LogP contribution is 2.31. The molecule has 1 aliphatic rings. The largest absolute Gasteiger partial charge is 0.416 e. The number of methoxy groups -OCH3 is 1. The van der Waals surface area contributed by atoms with Crippen LogP contribution in [0.4, 0.5) is 13.2 Å². The topological polar surface area (TPSA) is 54.9 Å². The maximum Gasteiger partial charge on any atom is 0.416 e. The molecule has 9 heteroatoms. The molecular formula is C20H31F3IN3O2. The molecule has 0 bridgehead atoms. The molecule has 1 fully saturated rings. The quantitative estimate of drug-likeness (QED) is 0.316. The van der Waals surface area contributed by atoms with Gasteiger partial charge in [-0.25, -0.2) is 0 Å². The molecule has 1 aromatic carbocycles. The fourth-order valence-electron chi connectivity index (χ4n) is 3.26. The lowest BCUT2D eigenvalue weighted by Gasteiger charge is -2.36. The smallest absolute Gasteiger partial charge is 0.381 e. The van der Waals surface area contributed by atoms with Crippen LogP contribution in [-0.4, -0.2) is 52.0 Å². The number of alkyl halides is 3. The molecule has 1 aromatic rings. The first-order chi connectivity index (χ1) is 13.3. The van der Waals surface area contributed by atoms with E-state index in [-0.39, 0.29) is 35.5 Å². The van der Waals surface area contributed by atoms with Crippen LogP contribution in [0.25, 0.3) is 0 Å². The van der Waals surface area contributed by atoms with E-state index in [0.29, 0.717) is 44.2 Å². The van der Waals surface area contributed by atoms with Crippen molar-refractivity contribution in [1.82, 2.24) is 10.6 Å². The summed E-state index contributed by atoms with van der Waals surface area (Å²) in [6.07, 6.45) is -1.99. The second-order valence-electron chi connectivity index (χ2n) is 7.16. The summed E-state index contributed by atoms with van der Waals surface area (Å²) >= 11 is 0. The maximum atomic E-state index is 12.9. The van der Waals surface area contributed by atoms with Crippen molar-refractivity contribution in [2.75, 3.05) is 40.5 Å². The van der Waals surface area contributed by atoms with Gasteiger partial charge in [0.1, 0.15) is 0 Å². The molecule has 1 aliphatic heterocycles. The Morgan fingerprint density at radius 2 is 1.97 bits per heavy atom. The summed E-state index contributed by atoms with van der Waals surface area (Å²) in [4.78, 5) is 4.21. The van der Waals surface area contributed by atoms with E-state index in [0.717, 1.165) is 18.9 Å². The van der Waals surface area contributed by atoms with E-state index in [1.807, 2.05) is 6.92 Å². The number of aliphatic imine (C=N–C) groups is 1. The Bertz CT molecular complexity index is 650. The standard InChI is InChI=1S/C20H30F3N3O2.HI/c1-15(16-5-4-6-17(13-16)20(21,22)23)7-10-25-18(24-2)26-14-19(27-3)8-11-28-12-9-19;/h4-6,13,15H,7-12,14H2,1-3H3,(H2,24,25,26);1H. The third-order valence-electron chi connectivity index (χ3n) is 5.29. The Kier molecular flexibility index (Phi) is 10.7. The number of benzene rings is 1. The third kappa shape index (κ3) is 7.93. The Labute approximate surface area is 187 Å². The number of nitrogens with one attached hydrogen (secondary N) is 2. The van der Waals surface area contributed by atoms with Gasteiger partial charge in [0.15, 0.2) is 5.96 Å². The zero-order valence-electron chi connectivity index (χ0n) is 17.1. The van der Waals surface area contributed by atoms with Crippen LogP contribution >= 0.6 is 24.0 Å². The first-order valence-corrected chi connectivity index (χ1v) is 9.54. The first kappa shape index (κ1) is 26.0. The third-order valence-corrected chi connectivity index (χ3v) is 5.29. The van der Waals surface area contributed by atoms with Gasteiger partial charge < -0.3 is 20.1 Å². The molecule has 0 saturated carbocycles. The molecule has 1 atom stereocenters. The second-order valence-corrected chi connectivity index (χ2v) is 7.16. The Balaban J connectivity index is 0.00000420. The minimum absolute atomic E-state index is 0. The lowest BCUT2D eigenvalue weighted by molar-refractivity contribution is -0.137. The van der Waals surface area contributed by atoms with E-state index in [9.17, 15) is 13.2 Å². The summed E-state index contributed by atoms with van der Waals surface area (Å²) in [6, 6.07) is 5.52. The van der Waals surface area contributed by atoms with Crippen LogP contribution in [-0.2, 0) is 15.7 Å². The van der Waals surface area contributed by atoms with Crippen molar-refractivity contribution < 1.29 is 22.6 Å². The van der Waals surface area contributed by atoms with Gasteiger partial charge in [-0.1, -0.05) is 25.1 Å². The number of hydrogen-bond donors (Lipinski definition) is 2. The van der Waals surface area contributed by atoms with Crippen LogP contribution in [0.3, 0.4) is 0 Å². The van der Waals surface area contributed by atoms with Gasteiger partial charge in [0.05, 0.1) is 11.2 Å². The summed E-state index contributed by atoms with van der Waals surface area (Å²) in [5.41, 5.74) is -0.190. The zero-order valence-corrected chi connectivity index (χ0v) is 19.5. The molecule has 0 spiro atoms. The molecule has 2 rings (SSSR count). The van der Waals surface area contributed by atoms with Crippen LogP contribution < -0.4 is 10.6 Å². The van der Waals surface area contributed by atoms with E-state index in [4.69, 9.17) is 9.47 Å². The molecule has 0 radical (unpaired) electrons. The summed E-state index contributed by atoms with van der Waals surface area (Å²) < 4.78 is 49.7. The van der Waals surface area contributed by atoms with Crippen LogP contribution in [0.15, 0.2) is 29.3 Å². The number of halogens is 4. The van der Waals surface area contributed by atoms with Crippen molar-refractivity contribution in [3.8, 4) is 0 Å². The van der Waals surface area contributed by atoms with Gasteiger partial charge in [-0.3, -0.25) is 4.99 Å². The summed E-state index contributed by atoms with van der Waals surface area (Å²) in [5, 5.41) is 6.51. The lowest BCUT2D eigenvalue weighted by atomic mass is 9.94. The number of nitrogens with zero attached hydrogens (tertiary/aromatic N) is 1. The molecule has 1 heterocycles. The Hall–Kier alpha value is -1.07. The highest BCUT2D eigenvalue weighted by molar-refractivity contribution is 14.0. The van der Waals surface area contributed by atoms with Gasteiger partial charge in [0.2, 0.25) is 0 Å². The molecule has 5 nitrogen and oxygen atoms in total. The summed E-state index contributed by atoms with van der Waals surface area (Å²) in [6.45, 7) is 4.50. The van der Waals surface area contributed by atoms with Crippen molar-refractivity contribution in [2.45, 2.75) is 43.9 Å². The van der Waals surface area contributed by atoms with E-state index in [1.54, 1.807) is 20.2 Å². The summed E-state index contributed by atoms with van der Waals surface area (Å²) in [7, 11) is 3.40. The van der Waals surface area contributed by atoms with E-state index < -0.39 is 11.7 Å². The summed E-state index contributed by atoms with van der Waals surface area (Å²) in [5.74, 6) is 0.646. The number of guanidine groups is 1. The van der Waals surface area contributed by atoms with Crippen LogP contribution in [0.2, 0.25) is 0 Å². The average Bonchev–Trinajstić information content (AvgIpc) is 2.70. The molecule has 166 valence electrons. The van der Waals surface area contributed by atoms with Crippen molar-refractivity contribution in [1.29, 1.82) is 0 Å². The zero-order chi connectivity index (χ0) is 20.6. The molecule has 0 aromatic heterocycles. The van der Waals surface area contributed by atoms with Gasteiger partial charge in [-0.2, -0.15) is 13.2 Å². The fraction of sp³-hybridized carbons (Fsp3) is 0.650. The van der Waals surface area contributed by atoms with Gasteiger partial charge in [0.25, 0.3) is 0 Å². The second kappa shape index (κ2) is 11.9. The molecule has 1 unspecified atom stereocenters. The fourth-order valence-corrected chi connectivity index (χ4v) is 3.26. The van der Waals surface area contributed by atoms with E-state index >= 15 is 0 Å². The van der Waals surface area contributed by atoms with Gasteiger partial charge in [0, 0.05) is 53.3 Å². The SMILES string of the molecule is CN=C(NCCC(C)c1cccc(C(F)(F)F)c1)NCC1(OC)CCOCC1.I. The minimum Gasteiger partial charge on any atom is -0.381 e. The highest BCUT2D eigenvalue weighted by atomic mass is 127. The molecule has 0 aliphatic carbocycles. The predicted molar refractivity (Wildman–Crippen MR) is 119 cm³/mol. The number of rotatable bonds is 7. The van der Waals surface area contributed by atoms with Crippen molar-refractivity contribution in [2.24, 2.45) is 4.99 Å². The van der Waals surface area contributed by atoms with Crippen LogP contribution in [0.5, 0.6) is 0 Å². The number of ether oxygens (including phenoxy) is 2. The van der Waals surface area contributed by atoms with Crippen molar-refractivity contribution in [3.63, 3.8) is 0 Å². The van der Waals surface area contributed by atoms with Crippen molar-refractivity contribution in [3.05, 3.63) is 35.4 Å². The monoisotopic (exact) mass is 529 g/mol. The molecule has 0 amide bonds. The van der Waals surface area contributed by atoms with Crippen LogP contribution in [0.1, 0.15) is 43.2 Å². The first-order valence-electron chi connectivity index (χ1n) is 9.54. The van der Waals surface area contributed by atoms with E-state index in [2.05, 4.69) is 15.6 Å². The molecule has 2 N–H and O–H groups in total. The molecule has 29 heavy (non-hydrogen) atoms. The van der Waals surface area contributed by atoms with Gasteiger partial charge >= 0.3 is 6.18 Å². The predicted octanol–water partition coefficient (Wildman–Crippen LogP) is 4.18. The normalized spacial score (nSPS) is 17.9. The Morgan fingerprint density at radius 1 is 1.28 bits per heavy atom. The van der Waals surface area contributed by atoms with Gasteiger partial charge in [-0.05, 0) is 24.0 Å². The van der Waals surface area contributed by atoms with Gasteiger partial charge in [-0.15, -0.1) is 24.0 Å². The van der Waals surface area contributed by atoms with Crippen LogP contribution in [0, 0.1) is 0 Å². The maximum absolute atomic E-state index is 12.9. The molecule has 1 saturated heterocycles.